The van der Waals surface area contributed by atoms with Gasteiger partial charge in [0.05, 0.1) is 0 Å². The Balaban J connectivity index is 2.05. The highest BCUT2D eigenvalue weighted by Crippen LogP contribution is 2.52. The topological polar surface area (TPSA) is 44.8 Å². The van der Waals surface area contributed by atoms with E-state index in [4.69, 9.17) is 13.6 Å². The van der Waals surface area contributed by atoms with Gasteiger partial charge in [0.15, 0.2) is 0 Å². The minimum absolute atomic E-state index is 0.313. The first kappa shape index (κ1) is 26.8. The molecule has 11 heteroatoms. The quantitative estimate of drug-likeness (QED) is 0.232. The average Bonchev–Trinajstić information content (AvgIpc) is 2.68. The molecule has 0 aromatic heterocycles. The second kappa shape index (κ2) is 10.8. The maximum Gasteiger partial charge on any atom is 0.647 e. The normalized spacial score (nSPS) is 11.4. The van der Waals surface area contributed by atoms with E-state index in [1.165, 1.54) is 0 Å². The van der Waals surface area contributed by atoms with Crippen molar-refractivity contribution in [2.45, 2.75) is 20.8 Å². The van der Waals surface area contributed by atoms with Crippen LogP contribution in [-0.2, 0) is 4.57 Å². The third kappa shape index (κ3) is 6.43. The van der Waals surface area contributed by atoms with Crippen LogP contribution in [0.3, 0.4) is 0 Å². The molecule has 0 radical (unpaired) electrons. The zero-order chi connectivity index (χ0) is 23.8. The van der Waals surface area contributed by atoms with Gasteiger partial charge in [0, 0.05) is 26.8 Å². The Labute approximate surface area is 237 Å². The predicted octanol–water partition coefficient (Wildman–Crippen LogP) is 10.8. The number of hydrogen-bond acceptors (Lipinski definition) is 4. The lowest BCUT2D eigenvalue weighted by Crippen LogP contribution is -2.08. The molecule has 0 bridgehead atoms. The molecule has 0 aliphatic carbocycles. The van der Waals surface area contributed by atoms with E-state index < -0.39 is 7.82 Å². The maximum absolute atomic E-state index is 13.9. The highest BCUT2D eigenvalue weighted by molar-refractivity contribution is 9.11. The van der Waals surface area contributed by atoms with Gasteiger partial charge in [-0.15, -0.1) is 0 Å². The predicted molar refractivity (Wildman–Crippen MR) is 149 cm³/mol. The molecule has 0 saturated heterocycles. The Morgan fingerprint density at radius 2 is 0.688 bits per heavy atom. The summed E-state index contributed by atoms with van der Waals surface area (Å²) in [5, 5.41) is 0. The van der Waals surface area contributed by atoms with Crippen LogP contribution in [0.4, 0.5) is 0 Å². The molecule has 0 aliphatic heterocycles. The highest BCUT2D eigenvalue weighted by atomic mass is 79.9. The van der Waals surface area contributed by atoms with Crippen molar-refractivity contribution >= 4 is 103 Å². The Bertz CT molecular complexity index is 1030. The fourth-order valence-corrected chi connectivity index (χ4v) is 7.10. The molecule has 0 amide bonds. The van der Waals surface area contributed by atoms with Gasteiger partial charge < -0.3 is 13.6 Å². The van der Waals surface area contributed by atoms with E-state index in [0.29, 0.717) is 17.2 Å². The minimum atomic E-state index is -4.17. The molecule has 0 spiro atoms. The highest BCUT2D eigenvalue weighted by Gasteiger charge is 2.34. The van der Waals surface area contributed by atoms with E-state index in [1.807, 2.05) is 20.8 Å². The van der Waals surface area contributed by atoms with Gasteiger partial charge in [-0.2, -0.15) is 4.57 Å². The van der Waals surface area contributed by atoms with Gasteiger partial charge in [-0.1, -0.05) is 95.6 Å². The molecule has 0 saturated carbocycles. The molecule has 0 fully saturated rings. The Kier molecular flexibility index (Phi) is 9.06. The van der Waals surface area contributed by atoms with E-state index in [1.54, 1.807) is 36.4 Å². The van der Waals surface area contributed by atoms with Crippen LogP contribution in [0.2, 0.25) is 0 Å². The van der Waals surface area contributed by atoms with Crippen molar-refractivity contribution in [1.29, 1.82) is 0 Å². The molecular formula is C21H15Br6O4P. The lowest BCUT2D eigenvalue weighted by Gasteiger charge is -2.21. The second-order valence-corrected chi connectivity index (χ2v) is 13.3. The fraction of sp³-hybridized carbons (Fsp3) is 0.143. The average molecular weight is 842 g/mol. The molecular weight excluding hydrogens is 827 g/mol. The number of halogens is 6. The Morgan fingerprint density at radius 3 is 0.875 bits per heavy atom. The van der Waals surface area contributed by atoms with Crippen LogP contribution in [-0.4, -0.2) is 0 Å². The molecule has 3 rings (SSSR count). The summed E-state index contributed by atoms with van der Waals surface area (Å²) >= 11 is 20.9. The molecule has 4 nitrogen and oxygen atoms in total. The number of phosphoric ester groups is 1. The number of hydrogen-bond donors (Lipinski definition) is 0. The largest absolute Gasteiger partial charge is 0.647 e. The van der Waals surface area contributed by atoms with Gasteiger partial charge in [0.2, 0.25) is 0 Å². The van der Waals surface area contributed by atoms with E-state index >= 15 is 0 Å². The lowest BCUT2D eigenvalue weighted by atomic mass is 10.2. The zero-order valence-electron chi connectivity index (χ0n) is 16.8. The minimum Gasteiger partial charge on any atom is -0.386 e. The molecule has 0 atom stereocenters. The summed E-state index contributed by atoms with van der Waals surface area (Å²) in [5.74, 6) is 0.939. The van der Waals surface area contributed by atoms with Gasteiger partial charge in [-0.3, -0.25) is 0 Å². The summed E-state index contributed by atoms with van der Waals surface area (Å²) in [6, 6.07) is 10.3. The first-order chi connectivity index (χ1) is 14.9. The van der Waals surface area contributed by atoms with Crippen LogP contribution in [0.5, 0.6) is 17.2 Å². The fourth-order valence-electron chi connectivity index (χ4n) is 2.47. The third-order valence-corrected chi connectivity index (χ3v) is 10.7. The summed E-state index contributed by atoms with van der Waals surface area (Å²) in [6.45, 7) is 5.81. The Morgan fingerprint density at radius 1 is 0.500 bits per heavy atom. The van der Waals surface area contributed by atoms with Crippen LogP contribution in [0.25, 0.3) is 0 Å². The summed E-state index contributed by atoms with van der Waals surface area (Å²) in [5.41, 5.74) is 2.94. The van der Waals surface area contributed by atoms with E-state index in [2.05, 4.69) is 95.6 Å². The summed E-state index contributed by atoms with van der Waals surface area (Å²) < 4.78 is 36.1. The SMILES string of the molecule is Cc1c(Br)cc(OP(=O)(Oc2cc(Br)c(C)c(Br)c2)Oc2cc(Br)c(C)c(Br)c2)cc1Br. The van der Waals surface area contributed by atoms with Gasteiger partial charge in [0.1, 0.15) is 17.2 Å². The van der Waals surface area contributed by atoms with Crippen molar-refractivity contribution in [2.24, 2.45) is 0 Å². The van der Waals surface area contributed by atoms with Gasteiger partial charge in [0.25, 0.3) is 0 Å². The molecule has 170 valence electrons. The standard InChI is InChI=1S/C21H15Br6O4P/c1-10-16(22)4-13(5-17(10)23)29-32(28,30-14-6-18(24)11(2)19(25)7-14)31-15-8-20(26)12(3)21(27)9-15/h4-9H,1-3H3. The van der Waals surface area contributed by atoms with Crippen LogP contribution >= 0.6 is 103 Å². The molecule has 0 unspecified atom stereocenters. The summed E-state index contributed by atoms with van der Waals surface area (Å²) in [4.78, 5) is 0. The first-order valence-corrected chi connectivity index (χ1v) is 15.2. The van der Waals surface area contributed by atoms with Crippen LogP contribution in [0.1, 0.15) is 16.7 Å². The number of phosphoric acid groups is 1. The van der Waals surface area contributed by atoms with E-state index in [0.717, 1.165) is 43.5 Å². The number of rotatable bonds is 6. The molecule has 32 heavy (non-hydrogen) atoms. The van der Waals surface area contributed by atoms with E-state index in [9.17, 15) is 4.57 Å². The third-order valence-electron chi connectivity index (χ3n) is 4.41. The summed E-state index contributed by atoms with van der Waals surface area (Å²) in [6.07, 6.45) is 0. The maximum atomic E-state index is 13.9. The molecule has 0 N–H and O–H groups in total. The van der Waals surface area contributed by atoms with Gasteiger partial charge >= 0.3 is 7.82 Å². The first-order valence-electron chi connectivity index (χ1n) is 8.94. The Hall–Kier alpha value is 0.170. The van der Waals surface area contributed by atoms with Crippen LogP contribution < -0.4 is 13.6 Å². The zero-order valence-corrected chi connectivity index (χ0v) is 27.2. The van der Waals surface area contributed by atoms with Crippen LogP contribution in [0.15, 0.2) is 63.2 Å². The van der Waals surface area contributed by atoms with Crippen molar-refractivity contribution in [3.63, 3.8) is 0 Å². The smallest absolute Gasteiger partial charge is 0.386 e. The van der Waals surface area contributed by atoms with Crippen molar-refractivity contribution in [2.75, 3.05) is 0 Å². The van der Waals surface area contributed by atoms with Crippen molar-refractivity contribution in [3.8, 4) is 17.2 Å². The van der Waals surface area contributed by atoms with Gasteiger partial charge in [-0.25, -0.2) is 0 Å². The number of benzene rings is 3. The van der Waals surface area contributed by atoms with E-state index in [-0.39, 0.29) is 0 Å². The van der Waals surface area contributed by atoms with Crippen LogP contribution in [0, 0.1) is 20.8 Å². The molecule has 3 aromatic rings. The van der Waals surface area contributed by atoms with Gasteiger partial charge in [-0.05, 0) is 73.9 Å². The summed E-state index contributed by atoms with van der Waals surface area (Å²) in [7, 11) is -4.17. The molecule has 3 aromatic carbocycles. The molecule has 0 heterocycles. The monoisotopic (exact) mass is 836 g/mol. The lowest BCUT2D eigenvalue weighted by molar-refractivity contribution is 0.298. The van der Waals surface area contributed by atoms with Crippen molar-refractivity contribution in [3.05, 3.63) is 79.9 Å². The molecule has 0 aliphatic rings. The second-order valence-electron chi connectivity index (χ2n) is 6.76. The van der Waals surface area contributed by atoms with Crippen molar-refractivity contribution in [1.82, 2.24) is 0 Å². The van der Waals surface area contributed by atoms with Crippen molar-refractivity contribution < 1.29 is 18.1 Å².